The molecule has 2 nitrogen and oxygen atoms in total. The number of aromatic nitrogens is 1. The van der Waals surface area contributed by atoms with Crippen LogP contribution < -0.4 is 5.32 Å². The quantitative estimate of drug-likeness (QED) is 0.603. The summed E-state index contributed by atoms with van der Waals surface area (Å²) >= 11 is 12.3. The average molecular weight is 356 g/mol. The first kappa shape index (κ1) is 17.2. The highest BCUT2D eigenvalue weighted by Gasteiger charge is 2.05. The van der Waals surface area contributed by atoms with E-state index in [1.165, 1.54) is 16.5 Å². The highest BCUT2D eigenvalue weighted by atomic mass is 35.5. The largest absolute Gasteiger partial charge is 0.361 e. The number of fused-ring (bicyclic) bond motifs is 1. The van der Waals surface area contributed by atoms with E-state index in [-0.39, 0.29) is 12.4 Å². The van der Waals surface area contributed by atoms with Crippen LogP contribution in [0.25, 0.3) is 10.9 Å². The van der Waals surface area contributed by atoms with Crippen molar-refractivity contribution in [1.29, 1.82) is 0 Å². The predicted octanol–water partition coefficient (Wildman–Crippen LogP) is 5.23. The van der Waals surface area contributed by atoms with Crippen LogP contribution in [0.15, 0.2) is 48.7 Å². The van der Waals surface area contributed by atoms with Crippen molar-refractivity contribution >= 4 is 46.5 Å². The molecule has 0 aliphatic carbocycles. The first-order valence-electron chi connectivity index (χ1n) is 6.94. The molecule has 0 spiro atoms. The lowest BCUT2D eigenvalue weighted by atomic mass is 10.1. The lowest BCUT2D eigenvalue weighted by Crippen LogP contribution is -2.17. The van der Waals surface area contributed by atoms with Crippen molar-refractivity contribution < 1.29 is 0 Å². The number of rotatable bonds is 5. The molecule has 0 amide bonds. The second kappa shape index (κ2) is 7.89. The summed E-state index contributed by atoms with van der Waals surface area (Å²) in [6.07, 6.45) is 3.04. The van der Waals surface area contributed by atoms with E-state index in [9.17, 15) is 0 Å². The SMILES string of the molecule is Cl.Clc1cccc(Cl)c1CNCCc1c[nH]c2ccccc12. The number of benzene rings is 2. The molecule has 3 aromatic rings. The fraction of sp³-hybridized carbons (Fsp3) is 0.176. The highest BCUT2D eigenvalue weighted by molar-refractivity contribution is 6.35. The summed E-state index contributed by atoms with van der Waals surface area (Å²) in [7, 11) is 0. The molecule has 0 fully saturated rings. The molecule has 0 bridgehead atoms. The molecule has 0 radical (unpaired) electrons. The van der Waals surface area contributed by atoms with Crippen LogP contribution in [0.2, 0.25) is 10.0 Å². The van der Waals surface area contributed by atoms with Gasteiger partial charge in [-0.2, -0.15) is 0 Å². The normalized spacial score (nSPS) is 10.6. The highest BCUT2D eigenvalue weighted by Crippen LogP contribution is 2.24. The van der Waals surface area contributed by atoms with Gasteiger partial charge in [0.1, 0.15) is 0 Å². The summed E-state index contributed by atoms with van der Waals surface area (Å²) in [6, 6.07) is 13.9. The molecule has 0 atom stereocenters. The van der Waals surface area contributed by atoms with Gasteiger partial charge in [0, 0.05) is 39.3 Å². The number of hydrogen-bond donors (Lipinski definition) is 2. The predicted molar refractivity (Wildman–Crippen MR) is 97.4 cm³/mol. The summed E-state index contributed by atoms with van der Waals surface area (Å²) in [6.45, 7) is 1.56. The molecule has 0 unspecified atom stereocenters. The maximum Gasteiger partial charge on any atom is 0.0465 e. The first-order chi connectivity index (χ1) is 10.3. The lowest BCUT2D eigenvalue weighted by Gasteiger charge is -2.08. The Morgan fingerprint density at radius 2 is 1.68 bits per heavy atom. The molecule has 22 heavy (non-hydrogen) atoms. The topological polar surface area (TPSA) is 27.8 Å². The number of aromatic amines is 1. The zero-order valence-electron chi connectivity index (χ0n) is 11.9. The summed E-state index contributed by atoms with van der Waals surface area (Å²) in [5.74, 6) is 0. The van der Waals surface area contributed by atoms with Gasteiger partial charge in [-0.05, 0) is 36.7 Å². The fourth-order valence-electron chi connectivity index (χ4n) is 2.48. The first-order valence-corrected chi connectivity index (χ1v) is 7.70. The van der Waals surface area contributed by atoms with Crippen molar-refractivity contribution in [2.75, 3.05) is 6.54 Å². The van der Waals surface area contributed by atoms with Gasteiger partial charge in [-0.25, -0.2) is 0 Å². The molecule has 1 aromatic heterocycles. The van der Waals surface area contributed by atoms with Crippen molar-refractivity contribution in [3.05, 3.63) is 69.8 Å². The van der Waals surface area contributed by atoms with E-state index in [2.05, 4.69) is 34.7 Å². The number of nitrogens with one attached hydrogen (secondary N) is 2. The van der Waals surface area contributed by atoms with Crippen LogP contribution in [0.3, 0.4) is 0 Å². The van der Waals surface area contributed by atoms with E-state index in [1.807, 2.05) is 24.3 Å². The molecular formula is C17H17Cl3N2. The molecular weight excluding hydrogens is 339 g/mol. The summed E-state index contributed by atoms with van der Waals surface area (Å²) in [4.78, 5) is 3.29. The molecule has 0 saturated heterocycles. The van der Waals surface area contributed by atoms with Gasteiger partial charge in [0.05, 0.1) is 0 Å². The Labute approximate surface area is 146 Å². The third-order valence-electron chi connectivity index (χ3n) is 3.61. The Morgan fingerprint density at radius 3 is 2.45 bits per heavy atom. The minimum absolute atomic E-state index is 0. The van der Waals surface area contributed by atoms with Crippen LogP contribution in [-0.2, 0) is 13.0 Å². The minimum Gasteiger partial charge on any atom is -0.361 e. The van der Waals surface area contributed by atoms with Crippen molar-refractivity contribution in [2.45, 2.75) is 13.0 Å². The van der Waals surface area contributed by atoms with Crippen LogP contribution in [0.1, 0.15) is 11.1 Å². The van der Waals surface area contributed by atoms with Gasteiger partial charge in [-0.15, -0.1) is 12.4 Å². The zero-order chi connectivity index (χ0) is 14.7. The second-order valence-corrected chi connectivity index (χ2v) is 5.80. The van der Waals surface area contributed by atoms with E-state index >= 15 is 0 Å². The number of hydrogen-bond acceptors (Lipinski definition) is 1. The Hall–Kier alpha value is -1.19. The molecule has 0 aliphatic rings. The molecule has 2 N–H and O–H groups in total. The van der Waals surface area contributed by atoms with Crippen molar-refractivity contribution in [3.8, 4) is 0 Å². The van der Waals surface area contributed by atoms with E-state index in [0.29, 0.717) is 16.6 Å². The van der Waals surface area contributed by atoms with Crippen molar-refractivity contribution in [2.24, 2.45) is 0 Å². The maximum absolute atomic E-state index is 6.16. The minimum atomic E-state index is 0. The van der Waals surface area contributed by atoms with E-state index in [0.717, 1.165) is 18.5 Å². The Balaban J connectivity index is 0.00000176. The Morgan fingerprint density at radius 1 is 0.955 bits per heavy atom. The third-order valence-corrected chi connectivity index (χ3v) is 4.32. The van der Waals surface area contributed by atoms with Gasteiger partial charge in [-0.1, -0.05) is 47.5 Å². The molecule has 3 rings (SSSR count). The van der Waals surface area contributed by atoms with Crippen LogP contribution in [0, 0.1) is 0 Å². The molecule has 116 valence electrons. The van der Waals surface area contributed by atoms with Gasteiger partial charge in [0.25, 0.3) is 0 Å². The van der Waals surface area contributed by atoms with Crippen LogP contribution in [0.4, 0.5) is 0 Å². The van der Waals surface area contributed by atoms with Crippen LogP contribution in [-0.4, -0.2) is 11.5 Å². The second-order valence-electron chi connectivity index (χ2n) is 4.99. The number of H-pyrrole nitrogens is 1. The smallest absolute Gasteiger partial charge is 0.0465 e. The standard InChI is InChI=1S/C17H16Cl2N2.ClH/c18-15-5-3-6-16(19)14(15)11-20-9-8-12-10-21-17-7-2-1-4-13(12)17;/h1-7,10,20-21H,8-9,11H2;1H. The molecule has 1 heterocycles. The monoisotopic (exact) mass is 354 g/mol. The Bertz CT molecular complexity index is 732. The van der Waals surface area contributed by atoms with Gasteiger partial charge >= 0.3 is 0 Å². The maximum atomic E-state index is 6.16. The number of para-hydroxylation sites is 1. The van der Waals surface area contributed by atoms with Gasteiger partial charge in [0.2, 0.25) is 0 Å². The molecule has 0 aliphatic heterocycles. The van der Waals surface area contributed by atoms with Gasteiger partial charge in [0.15, 0.2) is 0 Å². The number of halogens is 3. The van der Waals surface area contributed by atoms with Gasteiger partial charge in [-0.3, -0.25) is 0 Å². The van der Waals surface area contributed by atoms with Crippen LogP contribution in [0.5, 0.6) is 0 Å². The van der Waals surface area contributed by atoms with Crippen LogP contribution >= 0.6 is 35.6 Å². The molecule has 5 heteroatoms. The van der Waals surface area contributed by atoms with Crippen molar-refractivity contribution in [3.63, 3.8) is 0 Å². The van der Waals surface area contributed by atoms with E-state index < -0.39 is 0 Å². The van der Waals surface area contributed by atoms with E-state index in [1.54, 1.807) is 0 Å². The summed E-state index contributed by atoms with van der Waals surface area (Å²) in [5.41, 5.74) is 3.46. The Kier molecular flexibility index (Phi) is 6.16. The molecule has 0 saturated carbocycles. The zero-order valence-corrected chi connectivity index (χ0v) is 14.2. The lowest BCUT2D eigenvalue weighted by molar-refractivity contribution is 0.689. The average Bonchev–Trinajstić information content (AvgIpc) is 2.89. The summed E-state index contributed by atoms with van der Waals surface area (Å²) < 4.78 is 0. The summed E-state index contributed by atoms with van der Waals surface area (Å²) in [5, 5.41) is 6.11. The third kappa shape index (κ3) is 3.76. The van der Waals surface area contributed by atoms with Crippen molar-refractivity contribution in [1.82, 2.24) is 10.3 Å². The fourth-order valence-corrected chi connectivity index (χ4v) is 3.01. The van der Waals surface area contributed by atoms with E-state index in [4.69, 9.17) is 23.2 Å². The van der Waals surface area contributed by atoms with Gasteiger partial charge < -0.3 is 10.3 Å². The molecule has 2 aromatic carbocycles.